The lowest BCUT2D eigenvalue weighted by Gasteiger charge is -2.35. The zero-order chi connectivity index (χ0) is 12.8. The van der Waals surface area contributed by atoms with Crippen molar-refractivity contribution in [2.75, 3.05) is 33.4 Å². The summed E-state index contributed by atoms with van der Waals surface area (Å²) in [4.78, 5) is 2.29. The Bertz CT molecular complexity index is 208. The van der Waals surface area contributed by atoms with E-state index in [1.54, 1.807) is 7.11 Å². The summed E-state index contributed by atoms with van der Waals surface area (Å²) in [6.45, 7) is 7.04. The predicted octanol–water partition coefficient (Wildman–Crippen LogP) is 0.689. The van der Waals surface area contributed by atoms with Crippen molar-refractivity contribution in [2.45, 2.75) is 38.8 Å². The van der Waals surface area contributed by atoms with E-state index in [2.05, 4.69) is 18.7 Å². The van der Waals surface area contributed by atoms with Crippen molar-refractivity contribution in [1.82, 2.24) is 4.90 Å². The van der Waals surface area contributed by atoms with E-state index in [9.17, 15) is 5.11 Å². The van der Waals surface area contributed by atoms with Gasteiger partial charge in [0.05, 0.1) is 13.2 Å². The van der Waals surface area contributed by atoms with Crippen LogP contribution in [-0.2, 0) is 4.74 Å². The standard InChI is InChI=1S/C13H28N2O2/c1-10(2)8-15(6-7-17-3)12(9-16)13(14)11-4-5-11/h10-13,16H,4-9,14H2,1-3H3. The van der Waals surface area contributed by atoms with Crippen molar-refractivity contribution in [3.05, 3.63) is 0 Å². The van der Waals surface area contributed by atoms with Crippen LogP contribution in [0, 0.1) is 11.8 Å². The number of methoxy groups -OCH3 is 1. The summed E-state index contributed by atoms with van der Waals surface area (Å²) >= 11 is 0. The Labute approximate surface area is 105 Å². The highest BCUT2D eigenvalue weighted by molar-refractivity contribution is 4.93. The first kappa shape index (κ1) is 14.9. The zero-order valence-corrected chi connectivity index (χ0v) is 11.4. The molecule has 0 spiro atoms. The second-order valence-electron chi connectivity index (χ2n) is 5.55. The first-order chi connectivity index (χ1) is 8.10. The fourth-order valence-electron chi connectivity index (χ4n) is 2.35. The molecule has 0 aromatic carbocycles. The molecule has 2 atom stereocenters. The molecular formula is C13H28N2O2. The SMILES string of the molecule is COCCN(CC(C)C)C(CO)C(N)C1CC1. The summed E-state index contributed by atoms with van der Waals surface area (Å²) in [6.07, 6.45) is 2.44. The van der Waals surface area contributed by atoms with Crippen LogP contribution < -0.4 is 5.73 Å². The molecule has 17 heavy (non-hydrogen) atoms. The summed E-state index contributed by atoms with van der Waals surface area (Å²) < 4.78 is 5.14. The molecular weight excluding hydrogens is 216 g/mol. The Morgan fingerprint density at radius 1 is 1.41 bits per heavy atom. The average Bonchev–Trinajstić information content (AvgIpc) is 3.09. The second-order valence-corrected chi connectivity index (χ2v) is 5.55. The molecule has 4 heteroatoms. The molecule has 1 rings (SSSR count). The lowest BCUT2D eigenvalue weighted by molar-refractivity contribution is 0.0617. The molecule has 1 aliphatic rings. The van der Waals surface area contributed by atoms with Gasteiger partial charge in [-0.1, -0.05) is 13.8 Å². The minimum absolute atomic E-state index is 0.0834. The summed E-state index contributed by atoms with van der Waals surface area (Å²) in [5.74, 6) is 1.19. The van der Waals surface area contributed by atoms with Gasteiger partial charge < -0.3 is 15.6 Å². The number of nitrogens with zero attached hydrogens (tertiary/aromatic N) is 1. The first-order valence-electron chi connectivity index (χ1n) is 6.69. The quantitative estimate of drug-likeness (QED) is 0.626. The molecule has 2 unspecified atom stereocenters. The normalized spacial score (nSPS) is 19.9. The van der Waals surface area contributed by atoms with Crippen molar-refractivity contribution in [3.63, 3.8) is 0 Å². The lowest BCUT2D eigenvalue weighted by Crippen LogP contribution is -2.53. The highest BCUT2D eigenvalue weighted by Gasteiger charge is 2.36. The largest absolute Gasteiger partial charge is 0.395 e. The monoisotopic (exact) mass is 244 g/mol. The topological polar surface area (TPSA) is 58.7 Å². The van der Waals surface area contributed by atoms with E-state index in [4.69, 9.17) is 10.5 Å². The molecule has 1 fully saturated rings. The van der Waals surface area contributed by atoms with Gasteiger partial charge in [0, 0.05) is 32.3 Å². The molecule has 1 saturated carbocycles. The van der Waals surface area contributed by atoms with Crippen LogP contribution in [0.4, 0.5) is 0 Å². The van der Waals surface area contributed by atoms with Crippen LogP contribution in [0.25, 0.3) is 0 Å². The van der Waals surface area contributed by atoms with Crippen LogP contribution in [0.1, 0.15) is 26.7 Å². The third kappa shape index (κ3) is 4.92. The van der Waals surface area contributed by atoms with Gasteiger partial charge in [-0.05, 0) is 24.7 Å². The van der Waals surface area contributed by atoms with Crippen LogP contribution in [-0.4, -0.2) is 55.5 Å². The van der Waals surface area contributed by atoms with Crippen molar-refractivity contribution in [1.29, 1.82) is 0 Å². The first-order valence-corrected chi connectivity index (χ1v) is 6.69. The van der Waals surface area contributed by atoms with Crippen LogP contribution in [0.5, 0.6) is 0 Å². The molecule has 0 aromatic heterocycles. The highest BCUT2D eigenvalue weighted by atomic mass is 16.5. The lowest BCUT2D eigenvalue weighted by atomic mass is 10.0. The summed E-state index contributed by atoms with van der Waals surface area (Å²) in [6, 6.07) is 0.190. The smallest absolute Gasteiger partial charge is 0.0602 e. The van der Waals surface area contributed by atoms with Crippen LogP contribution in [0.2, 0.25) is 0 Å². The van der Waals surface area contributed by atoms with Gasteiger partial charge in [0.15, 0.2) is 0 Å². The number of hydrogen-bond acceptors (Lipinski definition) is 4. The number of rotatable bonds is 9. The minimum Gasteiger partial charge on any atom is -0.395 e. The third-order valence-electron chi connectivity index (χ3n) is 3.45. The minimum atomic E-state index is 0.0834. The van der Waals surface area contributed by atoms with Gasteiger partial charge in [-0.15, -0.1) is 0 Å². The van der Waals surface area contributed by atoms with Gasteiger partial charge >= 0.3 is 0 Å². The number of ether oxygens (including phenoxy) is 1. The van der Waals surface area contributed by atoms with Gasteiger partial charge in [0.2, 0.25) is 0 Å². The second kappa shape index (κ2) is 7.31. The molecule has 1 aliphatic carbocycles. The van der Waals surface area contributed by atoms with Gasteiger partial charge in [-0.3, -0.25) is 4.90 Å². The molecule has 3 N–H and O–H groups in total. The molecule has 0 amide bonds. The van der Waals surface area contributed by atoms with E-state index in [1.165, 1.54) is 12.8 Å². The van der Waals surface area contributed by atoms with Gasteiger partial charge in [-0.2, -0.15) is 0 Å². The van der Waals surface area contributed by atoms with Crippen LogP contribution >= 0.6 is 0 Å². The van der Waals surface area contributed by atoms with Gasteiger partial charge in [-0.25, -0.2) is 0 Å². The Hall–Kier alpha value is -0.160. The van der Waals surface area contributed by atoms with Crippen molar-refractivity contribution >= 4 is 0 Å². The van der Waals surface area contributed by atoms with Crippen molar-refractivity contribution in [2.24, 2.45) is 17.6 Å². The van der Waals surface area contributed by atoms with Crippen molar-refractivity contribution < 1.29 is 9.84 Å². The van der Waals surface area contributed by atoms with Crippen LogP contribution in [0.3, 0.4) is 0 Å². The summed E-state index contributed by atoms with van der Waals surface area (Å²) in [7, 11) is 1.71. The fourth-order valence-corrected chi connectivity index (χ4v) is 2.35. The van der Waals surface area contributed by atoms with E-state index >= 15 is 0 Å². The number of hydrogen-bond donors (Lipinski definition) is 2. The van der Waals surface area contributed by atoms with Crippen molar-refractivity contribution in [3.8, 4) is 0 Å². The fraction of sp³-hybridized carbons (Fsp3) is 1.00. The van der Waals surface area contributed by atoms with E-state index in [0.29, 0.717) is 18.4 Å². The molecule has 0 bridgehead atoms. The van der Waals surface area contributed by atoms with Gasteiger partial charge in [0.1, 0.15) is 0 Å². The maximum absolute atomic E-state index is 9.59. The Kier molecular flexibility index (Phi) is 6.41. The van der Waals surface area contributed by atoms with E-state index < -0.39 is 0 Å². The number of nitrogens with two attached hydrogens (primary N) is 1. The Morgan fingerprint density at radius 3 is 2.47 bits per heavy atom. The molecule has 0 saturated heterocycles. The van der Waals surface area contributed by atoms with Gasteiger partial charge in [0.25, 0.3) is 0 Å². The Morgan fingerprint density at radius 2 is 2.06 bits per heavy atom. The molecule has 0 radical (unpaired) electrons. The van der Waals surface area contributed by atoms with Crippen LogP contribution in [0.15, 0.2) is 0 Å². The molecule has 102 valence electrons. The van der Waals surface area contributed by atoms with E-state index in [1.807, 2.05) is 0 Å². The third-order valence-corrected chi connectivity index (χ3v) is 3.45. The molecule has 0 aromatic rings. The average molecular weight is 244 g/mol. The predicted molar refractivity (Wildman–Crippen MR) is 69.9 cm³/mol. The number of aliphatic hydroxyl groups is 1. The maximum Gasteiger partial charge on any atom is 0.0602 e. The molecule has 0 aliphatic heterocycles. The number of aliphatic hydroxyl groups excluding tert-OH is 1. The molecule has 4 nitrogen and oxygen atoms in total. The summed E-state index contributed by atoms with van der Waals surface area (Å²) in [5, 5.41) is 9.59. The van der Waals surface area contributed by atoms with E-state index in [-0.39, 0.29) is 18.7 Å². The maximum atomic E-state index is 9.59. The summed E-state index contributed by atoms with van der Waals surface area (Å²) in [5.41, 5.74) is 6.24. The zero-order valence-electron chi connectivity index (χ0n) is 11.4. The molecule has 0 heterocycles. The Balaban J connectivity index is 2.55. The highest BCUT2D eigenvalue weighted by Crippen LogP contribution is 2.34. The van der Waals surface area contributed by atoms with E-state index in [0.717, 1.165) is 13.1 Å².